The summed E-state index contributed by atoms with van der Waals surface area (Å²) in [5.41, 5.74) is 0.467. The molecule has 8 nitrogen and oxygen atoms in total. The third-order valence-corrected chi connectivity index (χ3v) is 3.45. The van der Waals surface area contributed by atoms with Crippen molar-refractivity contribution >= 4 is 17.7 Å². The summed E-state index contributed by atoms with van der Waals surface area (Å²) in [7, 11) is 0. The summed E-state index contributed by atoms with van der Waals surface area (Å²) in [6, 6.07) is 3.30. The minimum Gasteiger partial charge on any atom is -0.480 e. The number of likely N-dealkylation sites (tertiary alicyclic amines) is 1. The van der Waals surface area contributed by atoms with Crippen LogP contribution in [-0.2, 0) is 4.79 Å². The number of amides is 2. The Bertz CT molecular complexity index is 590. The molecule has 0 aromatic heterocycles. The highest BCUT2D eigenvalue weighted by Gasteiger charge is 2.39. The van der Waals surface area contributed by atoms with Gasteiger partial charge >= 0.3 is 12.0 Å². The molecule has 112 valence electrons. The molecule has 2 aliphatic rings. The van der Waals surface area contributed by atoms with E-state index in [9.17, 15) is 14.7 Å². The van der Waals surface area contributed by atoms with E-state index in [1.54, 1.807) is 18.2 Å². The quantitative estimate of drug-likeness (QED) is 0.731. The van der Waals surface area contributed by atoms with Gasteiger partial charge in [0.25, 0.3) is 0 Å². The zero-order valence-electron chi connectivity index (χ0n) is 11.0. The first-order chi connectivity index (χ1) is 10.0. The van der Waals surface area contributed by atoms with Gasteiger partial charge in [-0.25, -0.2) is 9.59 Å². The molecule has 0 bridgehead atoms. The van der Waals surface area contributed by atoms with Gasteiger partial charge in [0.05, 0.1) is 6.10 Å². The van der Waals surface area contributed by atoms with Gasteiger partial charge < -0.3 is 29.9 Å². The van der Waals surface area contributed by atoms with Gasteiger partial charge in [0.15, 0.2) is 11.5 Å². The van der Waals surface area contributed by atoms with Gasteiger partial charge in [-0.1, -0.05) is 0 Å². The topological polar surface area (TPSA) is 108 Å². The standard InChI is InChI=1S/C13H14N2O6/c16-8-4-9(12(17)18)15(5-8)13(19)14-7-1-2-10-11(3-7)21-6-20-10/h1-3,8-9,16H,4-6H2,(H,14,19)(H,17,18)/t8-,9+/m1/s1. The Balaban J connectivity index is 1.72. The maximum atomic E-state index is 12.1. The largest absolute Gasteiger partial charge is 0.480 e. The van der Waals surface area contributed by atoms with Crippen molar-refractivity contribution in [2.75, 3.05) is 18.7 Å². The van der Waals surface area contributed by atoms with Crippen LogP contribution in [0.15, 0.2) is 18.2 Å². The van der Waals surface area contributed by atoms with E-state index in [2.05, 4.69) is 5.32 Å². The second-order valence-corrected chi connectivity index (χ2v) is 4.89. The van der Waals surface area contributed by atoms with Gasteiger partial charge in [-0.2, -0.15) is 0 Å². The second-order valence-electron chi connectivity index (χ2n) is 4.89. The summed E-state index contributed by atoms with van der Waals surface area (Å²) in [5.74, 6) is -0.0237. The lowest BCUT2D eigenvalue weighted by molar-refractivity contribution is -0.141. The van der Waals surface area contributed by atoms with E-state index in [4.69, 9.17) is 14.6 Å². The summed E-state index contributed by atoms with van der Waals surface area (Å²) in [5, 5.41) is 21.2. The summed E-state index contributed by atoms with van der Waals surface area (Å²) in [4.78, 5) is 24.4. The third-order valence-electron chi connectivity index (χ3n) is 3.45. The summed E-state index contributed by atoms with van der Waals surface area (Å²) in [6.07, 6.45) is -0.794. The van der Waals surface area contributed by atoms with Crippen LogP contribution in [0.1, 0.15) is 6.42 Å². The molecule has 3 rings (SSSR count). The Morgan fingerprint density at radius 3 is 2.81 bits per heavy atom. The van der Waals surface area contributed by atoms with Gasteiger partial charge in [0.1, 0.15) is 6.04 Å². The molecule has 1 saturated heterocycles. The van der Waals surface area contributed by atoms with Gasteiger partial charge in [-0.05, 0) is 12.1 Å². The number of hydrogen-bond donors (Lipinski definition) is 3. The number of carboxylic acids is 1. The number of ether oxygens (including phenoxy) is 2. The van der Waals surface area contributed by atoms with Crippen molar-refractivity contribution in [2.45, 2.75) is 18.6 Å². The number of aliphatic hydroxyl groups is 1. The van der Waals surface area contributed by atoms with Crippen LogP contribution in [0, 0.1) is 0 Å². The summed E-state index contributed by atoms with van der Waals surface area (Å²) < 4.78 is 10.4. The molecule has 3 N–H and O–H groups in total. The van der Waals surface area contributed by atoms with Crippen molar-refractivity contribution in [3.05, 3.63) is 18.2 Å². The number of rotatable bonds is 2. The Hall–Kier alpha value is -2.48. The number of carbonyl (C=O) groups is 2. The van der Waals surface area contributed by atoms with Crippen molar-refractivity contribution in [3.63, 3.8) is 0 Å². The van der Waals surface area contributed by atoms with Crippen LogP contribution in [-0.4, -0.2) is 52.6 Å². The Morgan fingerprint density at radius 1 is 1.29 bits per heavy atom. The number of aliphatic hydroxyl groups excluding tert-OH is 1. The van der Waals surface area contributed by atoms with E-state index >= 15 is 0 Å². The van der Waals surface area contributed by atoms with Crippen molar-refractivity contribution in [2.24, 2.45) is 0 Å². The number of anilines is 1. The van der Waals surface area contributed by atoms with Gasteiger partial charge in [0.2, 0.25) is 6.79 Å². The predicted octanol–water partition coefficient (Wildman–Crippen LogP) is 0.467. The van der Waals surface area contributed by atoms with Crippen molar-refractivity contribution in [1.82, 2.24) is 4.90 Å². The van der Waals surface area contributed by atoms with Crippen LogP contribution in [0.25, 0.3) is 0 Å². The maximum Gasteiger partial charge on any atom is 0.326 e. The Kier molecular flexibility index (Phi) is 3.30. The number of aliphatic carboxylic acids is 1. The van der Waals surface area contributed by atoms with Crippen LogP contribution in [0.3, 0.4) is 0 Å². The maximum absolute atomic E-state index is 12.1. The Labute approximate surface area is 119 Å². The lowest BCUT2D eigenvalue weighted by Crippen LogP contribution is -2.43. The number of benzene rings is 1. The monoisotopic (exact) mass is 294 g/mol. The molecule has 1 aromatic carbocycles. The molecular weight excluding hydrogens is 280 g/mol. The molecule has 1 aromatic rings. The highest BCUT2D eigenvalue weighted by molar-refractivity contribution is 5.93. The minimum absolute atomic E-state index is 0.00660. The van der Waals surface area contributed by atoms with Crippen molar-refractivity contribution in [3.8, 4) is 11.5 Å². The highest BCUT2D eigenvalue weighted by atomic mass is 16.7. The van der Waals surface area contributed by atoms with E-state index in [-0.39, 0.29) is 19.8 Å². The number of nitrogens with zero attached hydrogens (tertiary/aromatic N) is 1. The molecular formula is C13H14N2O6. The predicted molar refractivity (Wildman–Crippen MR) is 70.3 cm³/mol. The van der Waals surface area contributed by atoms with Crippen LogP contribution in [0.5, 0.6) is 11.5 Å². The van der Waals surface area contributed by atoms with Crippen molar-refractivity contribution in [1.29, 1.82) is 0 Å². The second kappa shape index (κ2) is 5.13. The molecule has 0 radical (unpaired) electrons. The smallest absolute Gasteiger partial charge is 0.326 e. The third kappa shape index (κ3) is 2.57. The van der Waals surface area contributed by atoms with Crippen LogP contribution in [0.2, 0.25) is 0 Å². The fourth-order valence-corrected chi connectivity index (χ4v) is 2.44. The first kappa shape index (κ1) is 13.5. The van der Waals surface area contributed by atoms with Crippen LogP contribution in [0.4, 0.5) is 10.5 Å². The molecule has 2 heterocycles. The lowest BCUT2D eigenvalue weighted by Gasteiger charge is -2.21. The van der Waals surface area contributed by atoms with E-state index in [1.807, 2.05) is 0 Å². The molecule has 0 unspecified atom stereocenters. The molecule has 2 aliphatic heterocycles. The summed E-state index contributed by atoms with van der Waals surface area (Å²) in [6.45, 7) is 0.124. The number of β-amino-alcohol motifs (C(OH)–C–C–N with tert-alkyl or cyclic N) is 1. The van der Waals surface area contributed by atoms with E-state index in [0.717, 1.165) is 4.90 Å². The van der Waals surface area contributed by atoms with Crippen molar-refractivity contribution < 1.29 is 29.3 Å². The fraction of sp³-hybridized carbons (Fsp3) is 0.385. The Morgan fingerprint density at radius 2 is 2.05 bits per heavy atom. The fourth-order valence-electron chi connectivity index (χ4n) is 2.44. The molecule has 21 heavy (non-hydrogen) atoms. The molecule has 2 amide bonds. The zero-order chi connectivity index (χ0) is 15.0. The lowest BCUT2D eigenvalue weighted by atomic mass is 10.2. The number of carbonyl (C=O) groups excluding carboxylic acids is 1. The average molecular weight is 294 g/mol. The van der Waals surface area contributed by atoms with E-state index in [1.165, 1.54) is 0 Å². The number of nitrogens with one attached hydrogen (secondary N) is 1. The molecule has 0 saturated carbocycles. The van der Waals surface area contributed by atoms with E-state index in [0.29, 0.717) is 17.2 Å². The SMILES string of the molecule is O=C(O)[C@@H]1C[C@@H](O)CN1C(=O)Nc1ccc2c(c1)OCO2. The molecule has 1 fully saturated rings. The van der Waals surface area contributed by atoms with Crippen LogP contribution >= 0.6 is 0 Å². The zero-order valence-corrected chi connectivity index (χ0v) is 11.0. The number of urea groups is 1. The first-order valence-electron chi connectivity index (χ1n) is 6.43. The molecule has 2 atom stereocenters. The highest BCUT2D eigenvalue weighted by Crippen LogP contribution is 2.34. The minimum atomic E-state index is -1.13. The van der Waals surface area contributed by atoms with Crippen LogP contribution < -0.4 is 14.8 Å². The van der Waals surface area contributed by atoms with Gasteiger partial charge in [-0.15, -0.1) is 0 Å². The number of carboxylic acid groups (broad SMARTS) is 1. The average Bonchev–Trinajstić information content (AvgIpc) is 3.04. The molecule has 8 heteroatoms. The first-order valence-corrected chi connectivity index (χ1v) is 6.43. The summed E-state index contributed by atoms with van der Waals surface area (Å²) >= 11 is 0. The van der Waals surface area contributed by atoms with Gasteiger partial charge in [-0.3, -0.25) is 0 Å². The number of hydrogen-bond acceptors (Lipinski definition) is 5. The molecule has 0 aliphatic carbocycles. The number of fused-ring (bicyclic) bond motifs is 1. The van der Waals surface area contributed by atoms with E-state index < -0.39 is 24.1 Å². The molecule has 0 spiro atoms. The van der Waals surface area contributed by atoms with Gasteiger partial charge in [0, 0.05) is 24.7 Å². The normalized spacial score (nSPS) is 23.2.